The first-order chi connectivity index (χ1) is 11.6. The van der Waals surface area contributed by atoms with E-state index in [9.17, 15) is 14.9 Å². The quantitative estimate of drug-likeness (QED) is 0.451. The average Bonchev–Trinajstić information content (AvgIpc) is 2.59. The van der Waals surface area contributed by atoms with E-state index >= 15 is 0 Å². The topological polar surface area (TPSA) is 75.5 Å². The first-order valence-electron chi connectivity index (χ1n) is 8.76. The molecule has 6 heteroatoms. The summed E-state index contributed by atoms with van der Waals surface area (Å²) in [5, 5.41) is 13.5. The number of hydrogen-bond donors (Lipinski definition) is 1. The van der Waals surface area contributed by atoms with Gasteiger partial charge < -0.3 is 10.2 Å². The van der Waals surface area contributed by atoms with Gasteiger partial charge in [0.05, 0.1) is 11.3 Å². The van der Waals surface area contributed by atoms with Gasteiger partial charge in [-0.25, -0.2) is 0 Å². The molecule has 1 fully saturated rings. The van der Waals surface area contributed by atoms with Crippen LogP contribution in [-0.4, -0.2) is 41.9 Å². The second-order valence-electron chi connectivity index (χ2n) is 6.58. The number of benzene rings is 1. The Morgan fingerprint density at radius 3 is 2.54 bits per heavy atom. The van der Waals surface area contributed by atoms with Crippen molar-refractivity contribution in [2.24, 2.45) is 0 Å². The molecule has 0 aliphatic heterocycles. The summed E-state index contributed by atoms with van der Waals surface area (Å²) in [7, 11) is 2.18. The van der Waals surface area contributed by atoms with Crippen LogP contribution in [0.4, 0.5) is 5.69 Å². The van der Waals surface area contributed by atoms with E-state index in [4.69, 9.17) is 0 Å². The molecule has 132 valence electrons. The summed E-state index contributed by atoms with van der Waals surface area (Å²) in [5.41, 5.74) is 0.835. The number of carbonyl (C=O) groups excluding carboxylic acids is 1. The van der Waals surface area contributed by atoms with E-state index in [0.717, 1.165) is 18.5 Å². The molecular formula is C18H27N3O3. The van der Waals surface area contributed by atoms with Gasteiger partial charge in [0.1, 0.15) is 0 Å². The molecule has 24 heavy (non-hydrogen) atoms. The summed E-state index contributed by atoms with van der Waals surface area (Å²) in [6, 6.07) is 6.83. The maximum absolute atomic E-state index is 11.9. The predicted molar refractivity (Wildman–Crippen MR) is 93.9 cm³/mol. The summed E-state index contributed by atoms with van der Waals surface area (Å²) in [6.45, 7) is 1.67. The Kier molecular flexibility index (Phi) is 7.18. The van der Waals surface area contributed by atoms with Crippen LogP contribution in [0.2, 0.25) is 0 Å². The number of nitrogens with zero attached hydrogens (tertiary/aromatic N) is 2. The Labute approximate surface area is 143 Å². The molecule has 6 nitrogen and oxygen atoms in total. The van der Waals surface area contributed by atoms with Crippen LogP contribution >= 0.6 is 0 Å². The Hall–Kier alpha value is -1.95. The fourth-order valence-electron chi connectivity index (χ4n) is 3.24. The van der Waals surface area contributed by atoms with Crippen molar-refractivity contribution in [3.63, 3.8) is 0 Å². The lowest BCUT2D eigenvalue weighted by Gasteiger charge is -2.31. The van der Waals surface area contributed by atoms with Crippen molar-refractivity contribution in [3.8, 4) is 0 Å². The second kappa shape index (κ2) is 9.37. The van der Waals surface area contributed by atoms with Crippen LogP contribution in [0.1, 0.15) is 44.1 Å². The molecule has 0 unspecified atom stereocenters. The molecule has 0 aromatic heterocycles. The van der Waals surface area contributed by atoms with Crippen LogP contribution in [0.15, 0.2) is 24.3 Å². The Bertz CT molecular complexity index is 539. The summed E-state index contributed by atoms with van der Waals surface area (Å²) >= 11 is 0. The normalized spacial score (nSPS) is 15.4. The Balaban J connectivity index is 1.63. The van der Waals surface area contributed by atoms with Crippen molar-refractivity contribution >= 4 is 11.6 Å². The van der Waals surface area contributed by atoms with Gasteiger partial charge in [-0.15, -0.1) is 0 Å². The Morgan fingerprint density at radius 2 is 1.92 bits per heavy atom. The van der Waals surface area contributed by atoms with Crippen molar-refractivity contribution in [2.45, 2.75) is 51.0 Å². The van der Waals surface area contributed by atoms with E-state index < -0.39 is 4.92 Å². The molecular weight excluding hydrogens is 306 g/mol. The number of carbonyl (C=O) groups is 1. The first kappa shape index (κ1) is 18.4. The lowest BCUT2D eigenvalue weighted by molar-refractivity contribution is -0.384. The predicted octanol–water partition coefficient (Wildman–Crippen LogP) is 2.91. The number of nitro groups is 1. The summed E-state index contributed by atoms with van der Waals surface area (Å²) in [6.07, 6.45) is 7.83. The van der Waals surface area contributed by atoms with Gasteiger partial charge in [0.25, 0.3) is 5.69 Å². The van der Waals surface area contributed by atoms with Gasteiger partial charge in [0, 0.05) is 24.7 Å². The molecule has 0 radical (unpaired) electrons. The number of nitro benzene ring substituents is 1. The fraction of sp³-hybridized carbons (Fsp3) is 0.611. The molecule has 0 saturated heterocycles. The van der Waals surface area contributed by atoms with E-state index in [0.29, 0.717) is 12.6 Å². The van der Waals surface area contributed by atoms with Crippen LogP contribution in [0.25, 0.3) is 0 Å². The van der Waals surface area contributed by atoms with Crippen LogP contribution in [0, 0.1) is 10.1 Å². The molecule has 2 rings (SSSR count). The molecule has 0 bridgehead atoms. The van der Waals surface area contributed by atoms with Gasteiger partial charge in [0.2, 0.25) is 5.91 Å². The maximum Gasteiger partial charge on any atom is 0.269 e. The molecule has 0 spiro atoms. The molecule has 1 aromatic rings. The van der Waals surface area contributed by atoms with Crippen molar-refractivity contribution in [2.75, 3.05) is 20.1 Å². The number of rotatable bonds is 8. The van der Waals surface area contributed by atoms with E-state index in [1.54, 1.807) is 12.1 Å². The third-order valence-corrected chi connectivity index (χ3v) is 4.72. The summed E-state index contributed by atoms with van der Waals surface area (Å²) in [4.78, 5) is 24.5. The van der Waals surface area contributed by atoms with Gasteiger partial charge in [-0.3, -0.25) is 14.9 Å². The van der Waals surface area contributed by atoms with Gasteiger partial charge in [-0.2, -0.15) is 0 Å². The van der Waals surface area contributed by atoms with Crippen LogP contribution in [0.3, 0.4) is 0 Å². The van der Waals surface area contributed by atoms with E-state index in [1.807, 2.05) is 0 Å². The zero-order chi connectivity index (χ0) is 17.4. The van der Waals surface area contributed by atoms with Crippen molar-refractivity contribution in [3.05, 3.63) is 39.9 Å². The largest absolute Gasteiger partial charge is 0.356 e. The molecule has 1 aromatic carbocycles. The summed E-state index contributed by atoms with van der Waals surface area (Å²) in [5.74, 6) is -0.0378. The lowest BCUT2D eigenvalue weighted by atomic mass is 9.94. The minimum atomic E-state index is -0.438. The highest BCUT2D eigenvalue weighted by Gasteiger charge is 2.17. The summed E-state index contributed by atoms with van der Waals surface area (Å²) < 4.78 is 0. The van der Waals surface area contributed by atoms with Crippen LogP contribution in [0.5, 0.6) is 0 Å². The van der Waals surface area contributed by atoms with E-state index in [-0.39, 0.29) is 18.0 Å². The van der Waals surface area contributed by atoms with Crippen molar-refractivity contribution < 1.29 is 9.72 Å². The van der Waals surface area contributed by atoms with Gasteiger partial charge in [-0.05, 0) is 38.4 Å². The highest BCUT2D eigenvalue weighted by Crippen LogP contribution is 2.21. The fourth-order valence-corrected chi connectivity index (χ4v) is 3.24. The molecule has 1 aliphatic rings. The molecule has 0 heterocycles. The van der Waals surface area contributed by atoms with Crippen molar-refractivity contribution in [1.82, 2.24) is 10.2 Å². The number of nitrogens with one attached hydrogen (secondary N) is 1. The number of hydrogen-bond acceptors (Lipinski definition) is 4. The molecule has 1 aliphatic carbocycles. The maximum atomic E-state index is 11.9. The highest BCUT2D eigenvalue weighted by molar-refractivity contribution is 5.78. The van der Waals surface area contributed by atoms with Gasteiger partial charge in [-0.1, -0.05) is 31.4 Å². The zero-order valence-corrected chi connectivity index (χ0v) is 14.4. The third-order valence-electron chi connectivity index (χ3n) is 4.72. The monoisotopic (exact) mass is 333 g/mol. The second-order valence-corrected chi connectivity index (χ2v) is 6.58. The molecule has 1 N–H and O–H groups in total. The smallest absolute Gasteiger partial charge is 0.269 e. The van der Waals surface area contributed by atoms with E-state index in [2.05, 4.69) is 17.3 Å². The van der Waals surface area contributed by atoms with Gasteiger partial charge >= 0.3 is 0 Å². The average molecular weight is 333 g/mol. The first-order valence-corrected chi connectivity index (χ1v) is 8.76. The molecule has 1 saturated carbocycles. The molecule has 0 atom stereocenters. The highest BCUT2D eigenvalue weighted by atomic mass is 16.6. The SMILES string of the molecule is CN(CCCNC(=O)Cc1ccc([N+](=O)[O-])cc1)C1CCCCC1. The van der Waals surface area contributed by atoms with Crippen molar-refractivity contribution in [1.29, 1.82) is 0 Å². The number of amides is 1. The number of non-ortho nitro benzene ring substituents is 1. The Morgan fingerprint density at radius 1 is 1.25 bits per heavy atom. The van der Waals surface area contributed by atoms with E-state index in [1.165, 1.54) is 44.2 Å². The zero-order valence-electron chi connectivity index (χ0n) is 14.4. The minimum Gasteiger partial charge on any atom is -0.356 e. The third kappa shape index (κ3) is 5.92. The van der Waals surface area contributed by atoms with Crippen LogP contribution < -0.4 is 5.32 Å². The van der Waals surface area contributed by atoms with Crippen LogP contribution in [-0.2, 0) is 11.2 Å². The minimum absolute atomic E-state index is 0.0378. The molecule has 1 amide bonds. The lowest BCUT2D eigenvalue weighted by Crippen LogP contribution is -2.36. The van der Waals surface area contributed by atoms with Gasteiger partial charge in [0.15, 0.2) is 0 Å². The standard InChI is InChI=1S/C18H27N3O3/c1-20(16-6-3-2-4-7-16)13-5-12-19-18(22)14-15-8-10-17(11-9-15)21(23)24/h8-11,16H,2-7,12-14H2,1H3,(H,19,22).